The standard InChI is InChI=1S/C15H12O4.C5H5.Fe/c16-13(7-5-10-3-1-2-4-10)12-9-11(15(18)19)6-8-14(12)17;1-2-4-5-3-1;/h1-9,16-17H,(H,18,19);1-5H;/q;-1;+2/p-1. The van der Waals surface area contributed by atoms with Crippen LogP contribution in [0.5, 0.6) is 5.75 Å². The molecule has 1 aliphatic carbocycles. The van der Waals surface area contributed by atoms with E-state index in [1.165, 1.54) is 18.2 Å². The third-order valence-corrected chi connectivity index (χ3v) is 3.18. The molecule has 5 heteroatoms. The van der Waals surface area contributed by atoms with Crippen LogP contribution in [0.4, 0.5) is 0 Å². The molecular formula is C20H16FeO4. The average molecular weight is 376 g/mol. The fourth-order valence-electron chi connectivity index (χ4n) is 1.95. The Morgan fingerprint density at radius 3 is 2.28 bits per heavy atom. The fraction of sp³-hybridized carbons (Fsp3) is 0. The van der Waals surface area contributed by atoms with Gasteiger partial charge in [0.1, 0.15) is 5.75 Å². The Labute approximate surface area is 156 Å². The molecule has 0 aliphatic heterocycles. The summed E-state index contributed by atoms with van der Waals surface area (Å²) < 4.78 is 0. The minimum absolute atomic E-state index is 0. The van der Waals surface area contributed by atoms with Crippen LogP contribution in [0.25, 0.3) is 5.76 Å². The topological polar surface area (TPSA) is 80.6 Å². The molecule has 3 rings (SSSR count). The van der Waals surface area contributed by atoms with Crippen molar-refractivity contribution >= 4 is 11.7 Å². The summed E-state index contributed by atoms with van der Waals surface area (Å²) in [5.41, 5.74) is 0.799. The number of phenolic OH excluding ortho intramolecular Hbond substituents is 1. The summed E-state index contributed by atoms with van der Waals surface area (Å²) in [6, 6.07) is 13.6. The van der Waals surface area contributed by atoms with Gasteiger partial charge in [0.05, 0.1) is 5.56 Å². The molecular weight excluding hydrogens is 360 g/mol. The zero-order valence-corrected chi connectivity index (χ0v) is 14.3. The van der Waals surface area contributed by atoms with Gasteiger partial charge in [-0.3, -0.25) is 0 Å². The van der Waals surface area contributed by atoms with E-state index in [2.05, 4.69) is 0 Å². The normalized spacial score (nSPS) is 12.2. The molecule has 0 spiro atoms. The largest absolute Gasteiger partial charge is 2.00 e. The zero-order chi connectivity index (χ0) is 17.4. The molecule has 0 fully saturated rings. The van der Waals surface area contributed by atoms with Gasteiger partial charge in [0.15, 0.2) is 0 Å². The average Bonchev–Trinajstić information content (AvgIpc) is 3.28. The fourth-order valence-corrected chi connectivity index (χ4v) is 1.95. The second-order valence-corrected chi connectivity index (χ2v) is 4.92. The van der Waals surface area contributed by atoms with E-state index in [1.807, 2.05) is 54.6 Å². The van der Waals surface area contributed by atoms with Crippen LogP contribution in [-0.4, -0.2) is 16.2 Å². The van der Waals surface area contributed by atoms with Crippen molar-refractivity contribution in [3.63, 3.8) is 0 Å². The third-order valence-electron chi connectivity index (χ3n) is 3.18. The van der Waals surface area contributed by atoms with Crippen LogP contribution in [0.2, 0.25) is 0 Å². The van der Waals surface area contributed by atoms with E-state index in [4.69, 9.17) is 5.11 Å². The Bertz CT molecular complexity index is 781. The van der Waals surface area contributed by atoms with Crippen LogP contribution in [0.3, 0.4) is 0 Å². The molecule has 0 saturated heterocycles. The molecule has 2 aromatic carbocycles. The van der Waals surface area contributed by atoms with Crippen molar-refractivity contribution in [3.8, 4) is 5.75 Å². The van der Waals surface area contributed by atoms with Gasteiger partial charge in [0, 0.05) is 5.56 Å². The zero-order valence-electron chi connectivity index (χ0n) is 13.1. The third kappa shape index (κ3) is 6.26. The van der Waals surface area contributed by atoms with Gasteiger partial charge in [-0.15, -0.1) is 0 Å². The van der Waals surface area contributed by atoms with Crippen LogP contribution in [0.15, 0.2) is 90.6 Å². The number of rotatable bonds is 3. The first-order chi connectivity index (χ1) is 11.6. The quantitative estimate of drug-likeness (QED) is 0.490. The van der Waals surface area contributed by atoms with E-state index < -0.39 is 11.7 Å². The molecule has 128 valence electrons. The SMILES string of the molecule is O=C(O)c1ccc(O)c(C([O-])=CC=C2C=CC=C2)c1.[Fe+2].c1cc[cH-]c1. The summed E-state index contributed by atoms with van der Waals surface area (Å²) in [5.74, 6) is -1.82. The number of benzene rings is 1. The number of allylic oxidation sites excluding steroid dienone is 7. The van der Waals surface area contributed by atoms with Crippen molar-refractivity contribution in [2.45, 2.75) is 0 Å². The van der Waals surface area contributed by atoms with E-state index in [9.17, 15) is 15.0 Å². The van der Waals surface area contributed by atoms with Gasteiger partial charge in [-0.05, 0) is 23.8 Å². The van der Waals surface area contributed by atoms with Crippen molar-refractivity contribution in [1.82, 2.24) is 0 Å². The molecule has 0 atom stereocenters. The Morgan fingerprint density at radius 2 is 1.76 bits per heavy atom. The number of aromatic hydroxyl groups is 1. The Hall–Kier alpha value is -2.88. The Kier molecular flexibility index (Phi) is 8.13. The maximum Gasteiger partial charge on any atom is 2.00 e. The van der Waals surface area contributed by atoms with E-state index in [1.54, 1.807) is 6.08 Å². The first-order valence-electron chi connectivity index (χ1n) is 7.25. The molecule has 0 heterocycles. The molecule has 0 bridgehead atoms. The molecule has 0 saturated carbocycles. The van der Waals surface area contributed by atoms with E-state index >= 15 is 0 Å². The van der Waals surface area contributed by atoms with E-state index in [0.717, 1.165) is 11.6 Å². The molecule has 4 nitrogen and oxygen atoms in total. The second kappa shape index (κ2) is 10.1. The predicted molar refractivity (Wildman–Crippen MR) is 91.4 cm³/mol. The molecule has 0 unspecified atom stereocenters. The summed E-state index contributed by atoms with van der Waals surface area (Å²) in [6.07, 6.45) is 10.2. The van der Waals surface area contributed by atoms with Crippen LogP contribution in [-0.2, 0) is 17.1 Å². The number of hydrogen-bond acceptors (Lipinski definition) is 3. The van der Waals surface area contributed by atoms with Gasteiger partial charge < -0.3 is 15.3 Å². The van der Waals surface area contributed by atoms with Crippen LogP contribution < -0.4 is 5.11 Å². The molecule has 2 N–H and O–H groups in total. The summed E-state index contributed by atoms with van der Waals surface area (Å²) >= 11 is 0. The van der Waals surface area contributed by atoms with Crippen molar-refractivity contribution in [3.05, 3.63) is 102 Å². The maximum absolute atomic E-state index is 11.9. The molecule has 1 aliphatic rings. The first kappa shape index (κ1) is 20.2. The van der Waals surface area contributed by atoms with Gasteiger partial charge >= 0.3 is 23.0 Å². The van der Waals surface area contributed by atoms with Gasteiger partial charge in [-0.2, -0.15) is 18.2 Å². The number of hydrogen-bond donors (Lipinski definition) is 2. The molecule has 2 aromatic rings. The monoisotopic (exact) mass is 376 g/mol. The van der Waals surface area contributed by atoms with Crippen LogP contribution in [0, 0.1) is 0 Å². The van der Waals surface area contributed by atoms with Gasteiger partial charge in [0.2, 0.25) is 0 Å². The Balaban J connectivity index is 0.000000448. The minimum atomic E-state index is -1.14. The van der Waals surface area contributed by atoms with Crippen molar-refractivity contribution < 1.29 is 37.2 Å². The molecule has 25 heavy (non-hydrogen) atoms. The summed E-state index contributed by atoms with van der Waals surface area (Å²) in [7, 11) is 0. The second-order valence-electron chi connectivity index (χ2n) is 4.92. The number of carboxylic acid groups (broad SMARTS) is 1. The van der Waals surface area contributed by atoms with Crippen molar-refractivity contribution in [1.29, 1.82) is 0 Å². The molecule has 0 amide bonds. The molecule has 0 aromatic heterocycles. The van der Waals surface area contributed by atoms with Crippen LogP contribution in [0.1, 0.15) is 15.9 Å². The molecule has 0 radical (unpaired) electrons. The number of aromatic carboxylic acids is 1. The van der Waals surface area contributed by atoms with Crippen molar-refractivity contribution in [2.75, 3.05) is 0 Å². The Morgan fingerprint density at radius 1 is 1.12 bits per heavy atom. The first-order valence-corrected chi connectivity index (χ1v) is 7.25. The number of phenols is 1. The van der Waals surface area contributed by atoms with Gasteiger partial charge in [0.25, 0.3) is 0 Å². The smallest absolute Gasteiger partial charge is 0.872 e. The van der Waals surface area contributed by atoms with E-state index in [0.29, 0.717) is 0 Å². The summed E-state index contributed by atoms with van der Waals surface area (Å²) in [6.45, 7) is 0. The number of carbonyl (C=O) groups is 1. The van der Waals surface area contributed by atoms with Gasteiger partial charge in [-0.25, -0.2) is 16.9 Å². The minimum Gasteiger partial charge on any atom is -0.872 e. The predicted octanol–water partition coefficient (Wildman–Crippen LogP) is 3.25. The van der Waals surface area contributed by atoms with Crippen molar-refractivity contribution in [2.24, 2.45) is 0 Å². The number of carboxylic acids is 1. The van der Waals surface area contributed by atoms with E-state index in [-0.39, 0.29) is 33.9 Å². The van der Waals surface area contributed by atoms with Crippen LogP contribution >= 0.6 is 0 Å². The maximum atomic E-state index is 11.9. The summed E-state index contributed by atoms with van der Waals surface area (Å²) in [4.78, 5) is 10.8. The van der Waals surface area contributed by atoms with Gasteiger partial charge in [-0.1, -0.05) is 42.2 Å². The summed E-state index contributed by atoms with van der Waals surface area (Å²) in [5, 5.41) is 30.3.